The third-order valence-electron chi connectivity index (χ3n) is 5.17. The summed E-state index contributed by atoms with van der Waals surface area (Å²) in [6.07, 6.45) is 0. The first-order valence-corrected chi connectivity index (χ1v) is 12.2. The maximum Gasteiger partial charge on any atom is 0.276 e. The van der Waals surface area contributed by atoms with Gasteiger partial charge in [0.05, 0.1) is 17.0 Å². The molecule has 3 heterocycles. The van der Waals surface area contributed by atoms with Crippen molar-refractivity contribution >= 4 is 39.2 Å². The number of thiophene rings is 1. The van der Waals surface area contributed by atoms with Crippen LogP contribution in [0.15, 0.2) is 57.8 Å². The predicted molar refractivity (Wildman–Crippen MR) is 130 cm³/mol. The topological polar surface area (TPSA) is 82.5 Å². The molecular weight excluding hydrogens is 458 g/mol. The summed E-state index contributed by atoms with van der Waals surface area (Å²) in [6, 6.07) is 13.4. The average molecular weight is 480 g/mol. The van der Waals surface area contributed by atoms with E-state index in [1.54, 1.807) is 4.57 Å². The Kier molecular flexibility index (Phi) is 5.82. The van der Waals surface area contributed by atoms with E-state index in [0.717, 1.165) is 22.4 Å². The highest BCUT2D eigenvalue weighted by molar-refractivity contribution is 7.99. The van der Waals surface area contributed by atoms with Gasteiger partial charge in [0.2, 0.25) is 12.7 Å². The second-order valence-corrected chi connectivity index (χ2v) is 9.63. The largest absolute Gasteiger partial charge is 0.454 e. The van der Waals surface area contributed by atoms with E-state index in [1.807, 2.05) is 55.6 Å². The van der Waals surface area contributed by atoms with E-state index in [1.165, 1.54) is 23.1 Å². The van der Waals surface area contributed by atoms with Crippen molar-refractivity contribution in [2.75, 3.05) is 12.5 Å². The minimum absolute atomic E-state index is 0.122. The molecular formula is C24H21N3O4S2. The Morgan fingerprint density at radius 1 is 1.12 bits per heavy atom. The van der Waals surface area contributed by atoms with Gasteiger partial charge in [-0.15, -0.1) is 11.3 Å². The first-order chi connectivity index (χ1) is 16.0. The van der Waals surface area contributed by atoms with E-state index in [0.29, 0.717) is 33.4 Å². The van der Waals surface area contributed by atoms with Crippen LogP contribution in [0.4, 0.5) is 0 Å². The molecule has 0 atom stereocenters. The molecule has 1 aliphatic rings. The fourth-order valence-corrected chi connectivity index (χ4v) is 5.33. The van der Waals surface area contributed by atoms with Gasteiger partial charge < -0.3 is 14.8 Å². The van der Waals surface area contributed by atoms with Crippen molar-refractivity contribution in [3.63, 3.8) is 0 Å². The van der Waals surface area contributed by atoms with E-state index in [4.69, 9.17) is 9.47 Å². The monoisotopic (exact) mass is 479 g/mol. The highest BCUT2D eigenvalue weighted by Crippen LogP contribution is 2.32. The van der Waals surface area contributed by atoms with Crippen LogP contribution in [-0.2, 0) is 11.3 Å². The van der Waals surface area contributed by atoms with Crippen LogP contribution in [-0.4, -0.2) is 28.0 Å². The van der Waals surface area contributed by atoms with Gasteiger partial charge in [-0.05, 0) is 66.2 Å². The molecule has 33 heavy (non-hydrogen) atoms. The predicted octanol–water partition coefficient (Wildman–Crippen LogP) is 4.20. The summed E-state index contributed by atoms with van der Waals surface area (Å²) in [5.74, 6) is 1.38. The van der Waals surface area contributed by atoms with Gasteiger partial charge in [-0.2, -0.15) is 0 Å². The Morgan fingerprint density at radius 2 is 1.91 bits per heavy atom. The van der Waals surface area contributed by atoms with Crippen LogP contribution >= 0.6 is 23.1 Å². The highest BCUT2D eigenvalue weighted by Gasteiger charge is 2.17. The Balaban J connectivity index is 1.36. The van der Waals surface area contributed by atoms with Gasteiger partial charge in [-0.3, -0.25) is 14.2 Å². The van der Waals surface area contributed by atoms with Gasteiger partial charge in [-0.1, -0.05) is 23.9 Å². The Labute approximate surface area is 198 Å². The molecule has 0 radical (unpaired) electrons. The van der Waals surface area contributed by atoms with E-state index >= 15 is 0 Å². The number of fused-ring (bicyclic) bond motifs is 2. The van der Waals surface area contributed by atoms with Gasteiger partial charge in [0.15, 0.2) is 16.7 Å². The van der Waals surface area contributed by atoms with Gasteiger partial charge >= 0.3 is 0 Å². The Morgan fingerprint density at radius 3 is 2.73 bits per heavy atom. The number of rotatable bonds is 6. The number of benzene rings is 2. The van der Waals surface area contributed by atoms with Crippen LogP contribution in [0.1, 0.15) is 16.7 Å². The molecule has 168 valence electrons. The van der Waals surface area contributed by atoms with Gasteiger partial charge in [0.1, 0.15) is 4.70 Å². The molecule has 1 amide bonds. The molecule has 2 aromatic heterocycles. The number of carbonyl (C=O) groups excluding carboxylic acids is 1. The summed E-state index contributed by atoms with van der Waals surface area (Å²) in [6.45, 7) is 4.58. The van der Waals surface area contributed by atoms with Crippen molar-refractivity contribution in [1.29, 1.82) is 0 Å². The molecule has 0 fully saturated rings. The minimum Gasteiger partial charge on any atom is -0.454 e. The highest BCUT2D eigenvalue weighted by atomic mass is 32.2. The Bertz CT molecular complexity index is 1410. The van der Waals surface area contributed by atoms with E-state index < -0.39 is 0 Å². The summed E-state index contributed by atoms with van der Waals surface area (Å²) in [7, 11) is 0. The molecule has 0 bridgehead atoms. The van der Waals surface area contributed by atoms with Crippen molar-refractivity contribution in [2.24, 2.45) is 0 Å². The molecule has 0 unspecified atom stereocenters. The first kappa shape index (κ1) is 21.5. The third kappa shape index (κ3) is 4.46. The maximum absolute atomic E-state index is 13.3. The van der Waals surface area contributed by atoms with Crippen molar-refractivity contribution in [2.45, 2.75) is 25.5 Å². The normalized spacial score (nSPS) is 12.3. The third-order valence-corrected chi connectivity index (χ3v) is 7.00. The van der Waals surface area contributed by atoms with Crippen molar-refractivity contribution < 1.29 is 14.3 Å². The van der Waals surface area contributed by atoms with Crippen LogP contribution in [0.2, 0.25) is 0 Å². The van der Waals surface area contributed by atoms with Crippen molar-refractivity contribution in [3.05, 3.63) is 74.9 Å². The number of hydrogen-bond acceptors (Lipinski definition) is 7. The molecule has 0 saturated heterocycles. The zero-order valence-electron chi connectivity index (χ0n) is 18.1. The van der Waals surface area contributed by atoms with E-state index in [9.17, 15) is 9.59 Å². The summed E-state index contributed by atoms with van der Waals surface area (Å²) >= 11 is 2.62. The molecule has 9 heteroatoms. The summed E-state index contributed by atoms with van der Waals surface area (Å²) in [5, 5.41) is 5.27. The zero-order chi connectivity index (χ0) is 22.9. The zero-order valence-corrected chi connectivity index (χ0v) is 19.7. The average Bonchev–Trinajstić information content (AvgIpc) is 3.44. The standard InChI is InChI=1S/C24H21N3O4S2/c1-14-7-15(2)9-17(8-14)27-23(29)22-18(5-6-32-22)26-24(27)33-12-21(28)25-11-16-3-4-19-20(10-16)31-13-30-19/h3-10H,11-13H2,1-2H3,(H,25,28). The number of aromatic nitrogens is 2. The number of nitrogens with one attached hydrogen (secondary N) is 1. The smallest absolute Gasteiger partial charge is 0.276 e. The minimum atomic E-state index is -0.149. The molecule has 1 N–H and O–H groups in total. The lowest BCUT2D eigenvalue weighted by Crippen LogP contribution is -2.26. The van der Waals surface area contributed by atoms with Crippen molar-refractivity contribution in [3.8, 4) is 17.2 Å². The number of aryl methyl sites for hydroxylation is 2. The molecule has 5 rings (SSSR count). The van der Waals surface area contributed by atoms with Crippen LogP contribution in [0.3, 0.4) is 0 Å². The molecule has 0 aliphatic carbocycles. The quantitative estimate of drug-likeness (QED) is 0.330. The maximum atomic E-state index is 13.3. The molecule has 0 spiro atoms. The number of carbonyl (C=O) groups is 1. The molecule has 1 aliphatic heterocycles. The van der Waals surface area contributed by atoms with Crippen LogP contribution in [0, 0.1) is 13.8 Å². The van der Waals surface area contributed by atoms with E-state index in [-0.39, 0.29) is 24.0 Å². The lowest BCUT2D eigenvalue weighted by atomic mass is 10.1. The lowest BCUT2D eigenvalue weighted by molar-refractivity contribution is -0.118. The van der Waals surface area contributed by atoms with Gasteiger partial charge in [0.25, 0.3) is 5.56 Å². The summed E-state index contributed by atoms with van der Waals surface area (Å²) in [5.41, 5.74) is 4.31. The fourth-order valence-electron chi connectivity index (χ4n) is 3.73. The SMILES string of the molecule is Cc1cc(C)cc(-n2c(SCC(=O)NCc3ccc4c(c3)OCO4)nc3ccsc3c2=O)c1. The van der Waals surface area contributed by atoms with Gasteiger partial charge in [-0.25, -0.2) is 4.98 Å². The second kappa shape index (κ2) is 8.92. The van der Waals surface area contributed by atoms with E-state index in [2.05, 4.69) is 16.4 Å². The molecule has 7 nitrogen and oxygen atoms in total. The number of thioether (sulfide) groups is 1. The Hall–Kier alpha value is -3.30. The number of ether oxygens (including phenoxy) is 2. The van der Waals surface area contributed by atoms with Crippen molar-refractivity contribution in [1.82, 2.24) is 14.9 Å². The lowest BCUT2D eigenvalue weighted by Gasteiger charge is -2.13. The van der Waals surface area contributed by atoms with Crippen LogP contribution in [0.25, 0.3) is 15.9 Å². The number of nitrogens with zero attached hydrogens (tertiary/aromatic N) is 2. The number of hydrogen-bond donors (Lipinski definition) is 1. The molecule has 2 aromatic carbocycles. The first-order valence-electron chi connectivity index (χ1n) is 10.3. The number of amides is 1. The second-order valence-electron chi connectivity index (χ2n) is 7.77. The summed E-state index contributed by atoms with van der Waals surface area (Å²) < 4.78 is 12.9. The molecule has 4 aromatic rings. The van der Waals surface area contributed by atoms with Crippen LogP contribution in [0.5, 0.6) is 11.5 Å². The van der Waals surface area contributed by atoms with Gasteiger partial charge in [0, 0.05) is 6.54 Å². The molecule has 0 saturated carbocycles. The van der Waals surface area contributed by atoms with Crippen LogP contribution < -0.4 is 20.3 Å². The summed E-state index contributed by atoms with van der Waals surface area (Å²) in [4.78, 5) is 30.5. The fraction of sp³-hybridized carbons (Fsp3) is 0.208.